The highest BCUT2D eigenvalue weighted by atomic mass is 79.9. The number of anilines is 1. The van der Waals surface area contributed by atoms with Crippen molar-refractivity contribution in [2.45, 2.75) is 5.92 Å². The minimum atomic E-state index is -0.454. The Kier molecular flexibility index (Phi) is 6.79. The molecule has 0 aromatic heterocycles. The van der Waals surface area contributed by atoms with Crippen LogP contribution in [0.2, 0.25) is 0 Å². The van der Waals surface area contributed by atoms with Crippen molar-refractivity contribution in [3.63, 3.8) is 0 Å². The standard InChI is InChI=1S/C22H19BrN2O2S/c1-27-19-13-12-17(14-18(19)23)24-22(28)25-21(26)20(15-8-4-2-5-9-15)16-10-6-3-7-11-16/h2-14,20H,1H3,(H2,24,25,26,28). The number of thiocarbonyl (C=S) groups is 1. The zero-order valence-electron chi connectivity index (χ0n) is 15.2. The van der Waals surface area contributed by atoms with E-state index < -0.39 is 5.92 Å². The lowest BCUT2D eigenvalue weighted by Crippen LogP contribution is -2.37. The van der Waals surface area contributed by atoms with E-state index in [0.717, 1.165) is 21.3 Å². The first-order valence-corrected chi connectivity index (χ1v) is 9.84. The van der Waals surface area contributed by atoms with Crippen LogP contribution in [0.5, 0.6) is 5.75 Å². The van der Waals surface area contributed by atoms with Crippen molar-refractivity contribution in [1.29, 1.82) is 0 Å². The van der Waals surface area contributed by atoms with Crippen molar-refractivity contribution in [2.24, 2.45) is 0 Å². The zero-order valence-corrected chi connectivity index (χ0v) is 17.6. The molecular weight excluding hydrogens is 436 g/mol. The molecule has 0 spiro atoms. The van der Waals surface area contributed by atoms with Crippen molar-refractivity contribution in [2.75, 3.05) is 12.4 Å². The average Bonchev–Trinajstić information content (AvgIpc) is 2.70. The SMILES string of the molecule is COc1ccc(NC(=S)NC(=O)C(c2ccccc2)c2ccccc2)cc1Br. The molecule has 0 fully saturated rings. The number of amides is 1. The first-order valence-electron chi connectivity index (χ1n) is 8.64. The number of ether oxygens (including phenoxy) is 1. The highest BCUT2D eigenvalue weighted by Gasteiger charge is 2.23. The van der Waals surface area contributed by atoms with Gasteiger partial charge < -0.3 is 15.4 Å². The van der Waals surface area contributed by atoms with Crippen LogP contribution in [0.15, 0.2) is 83.3 Å². The van der Waals surface area contributed by atoms with E-state index in [1.165, 1.54) is 0 Å². The highest BCUT2D eigenvalue weighted by Crippen LogP contribution is 2.28. The summed E-state index contributed by atoms with van der Waals surface area (Å²) in [7, 11) is 1.60. The number of hydrogen-bond donors (Lipinski definition) is 2. The molecule has 4 nitrogen and oxygen atoms in total. The van der Waals surface area contributed by atoms with Crippen LogP contribution in [0.4, 0.5) is 5.69 Å². The van der Waals surface area contributed by atoms with Crippen LogP contribution >= 0.6 is 28.1 Å². The fourth-order valence-electron chi connectivity index (χ4n) is 2.88. The number of nitrogens with one attached hydrogen (secondary N) is 2. The van der Waals surface area contributed by atoms with Gasteiger partial charge in [0.1, 0.15) is 5.75 Å². The Bertz CT molecular complexity index is 925. The van der Waals surface area contributed by atoms with Gasteiger partial charge in [0.2, 0.25) is 5.91 Å². The first-order chi connectivity index (χ1) is 13.6. The van der Waals surface area contributed by atoms with Gasteiger partial charge in [-0.25, -0.2) is 0 Å². The van der Waals surface area contributed by atoms with Crippen molar-refractivity contribution >= 4 is 44.9 Å². The Morgan fingerprint density at radius 2 is 1.54 bits per heavy atom. The molecule has 0 saturated heterocycles. The van der Waals surface area contributed by atoms with Gasteiger partial charge in [-0.15, -0.1) is 0 Å². The Balaban J connectivity index is 1.76. The number of carbonyl (C=O) groups excluding carboxylic acids is 1. The number of rotatable bonds is 5. The van der Waals surface area contributed by atoms with E-state index in [2.05, 4.69) is 26.6 Å². The molecule has 0 bridgehead atoms. The van der Waals surface area contributed by atoms with Crippen LogP contribution in [-0.4, -0.2) is 18.1 Å². The van der Waals surface area contributed by atoms with E-state index in [1.807, 2.05) is 78.9 Å². The van der Waals surface area contributed by atoms with Gasteiger partial charge in [0, 0.05) is 5.69 Å². The summed E-state index contributed by atoms with van der Waals surface area (Å²) >= 11 is 8.78. The molecule has 2 N–H and O–H groups in total. The van der Waals surface area contributed by atoms with Gasteiger partial charge >= 0.3 is 0 Å². The molecule has 0 atom stereocenters. The highest BCUT2D eigenvalue weighted by molar-refractivity contribution is 9.10. The van der Waals surface area contributed by atoms with E-state index in [4.69, 9.17) is 17.0 Å². The number of benzene rings is 3. The second-order valence-corrected chi connectivity index (χ2v) is 7.31. The molecule has 0 aliphatic carbocycles. The second kappa shape index (κ2) is 9.48. The summed E-state index contributed by atoms with van der Waals surface area (Å²) in [5.74, 6) is 0.0703. The molecule has 3 aromatic rings. The van der Waals surface area contributed by atoms with Crippen molar-refractivity contribution < 1.29 is 9.53 Å². The van der Waals surface area contributed by atoms with Gasteiger partial charge in [-0.3, -0.25) is 4.79 Å². The minimum absolute atomic E-state index is 0.192. The van der Waals surface area contributed by atoms with Crippen molar-refractivity contribution in [1.82, 2.24) is 5.32 Å². The first kappa shape index (κ1) is 20.0. The van der Waals surface area contributed by atoms with Crippen LogP contribution in [0, 0.1) is 0 Å². The molecule has 0 aliphatic rings. The molecule has 28 heavy (non-hydrogen) atoms. The predicted molar refractivity (Wildman–Crippen MR) is 120 cm³/mol. The molecule has 3 aromatic carbocycles. The van der Waals surface area contributed by atoms with Crippen LogP contribution in [0.1, 0.15) is 17.0 Å². The van der Waals surface area contributed by atoms with Gasteiger partial charge in [0.25, 0.3) is 0 Å². The fourth-order valence-corrected chi connectivity index (χ4v) is 3.64. The van der Waals surface area contributed by atoms with Crippen molar-refractivity contribution in [3.8, 4) is 5.75 Å². The molecule has 0 heterocycles. The lowest BCUT2D eigenvalue weighted by molar-refractivity contribution is -0.120. The van der Waals surface area contributed by atoms with E-state index in [0.29, 0.717) is 5.75 Å². The maximum Gasteiger partial charge on any atom is 0.238 e. The summed E-state index contributed by atoms with van der Waals surface area (Å²) < 4.78 is 6.01. The normalized spacial score (nSPS) is 10.4. The van der Waals surface area contributed by atoms with Crippen LogP contribution < -0.4 is 15.4 Å². The molecular formula is C22H19BrN2O2S. The molecule has 0 saturated carbocycles. The summed E-state index contributed by atoms with van der Waals surface area (Å²) in [6.07, 6.45) is 0. The molecule has 6 heteroatoms. The number of carbonyl (C=O) groups is 1. The summed E-state index contributed by atoms with van der Waals surface area (Å²) in [6.45, 7) is 0. The second-order valence-electron chi connectivity index (χ2n) is 6.05. The Hall–Kier alpha value is -2.70. The average molecular weight is 455 g/mol. The largest absolute Gasteiger partial charge is 0.496 e. The van der Waals surface area contributed by atoms with Gasteiger partial charge in [0.05, 0.1) is 17.5 Å². The molecule has 0 unspecified atom stereocenters. The van der Waals surface area contributed by atoms with Gasteiger partial charge in [-0.2, -0.15) is 0 Å². The molecule has 3 rings (SSSR count). The zero-order chi connectivity index (χ0) is 19.9. The Morgan fingerprint density at radius 1 is 0.964 bits per heavy atom. The smallest absolute Gasteiger partial charge is 0.238 e. The van der Waals surface area contributed by atoms with E-state index in [-0.39, 0.29) is 11.0 Å². The van der Waals surface area contributed by atoms with E-state index in [9.17, 15) is 4.79 Å². The Morgan fingerprint density at radius 3 is 2.04 bits per heavy atom. The van der Waals surface area contributed by atoms with E-state index >= 15 is 0 Å². The number of methoxy groups -OCH3 is 1. The summed E-state index contributed by atoms with van der Waals surface area (Å²) in [4.78, 5) is 13.0. The lowest BCUT2D eigenvalue weighted by atomic mass is 9.90. The molecule has 0 radical (unpaired) electrons. The maximum atomic E-state index is 13.0. The van der Waals surface area contributed by atoms with Crippen LogP contribution in [-0.2, 0) is 4.79 Å². The predicted octanol–water partition coefficient (Wildman–Crippen LogP) is 5.10. The van der Waals surface area contributed by atoms with Gasteiger partial charge in [-0.1, -0.05) is 60.7 Å². The monoisotopic (exact) mass is 454 g/mol. The lowest BCUT2D eigenvalue weighted by Gasteiger charge is -2.19. The summed E-state index contributed by atoms with van der Waals surface area (Å²) in [5, 5.41) is 6.08. The fraction of sp³-hybridized carbons (Fsp3) is 0.0909. The quantitative estimate of drug-likeness (QED) is 0.526. The molecule has 1 amide bonds. The molecule has 0 aliphatic heterocycles. The number of hydrogen-bond acceptors (Lipinski definition) is 3. The summed E-state index contributed by atoms with van der Waals surface area (Å²) in [6, 6.07) is 24.8. The third-order valence-electron chi connectivity index (χ3n) is 4.17. The van der Waals surface area contributed by atoms with Crippen molar-refractivity contribution in [3.05, 3.63) is 94.5 Å². The molecule has 142 valence electrons. The number of halogens is 1. The maximum absolute atomic E-state index is 13.0. The summed E-state index contributed by atoms with van der Waals surface area (Å²) in [5.41, 5.74) is 2.55. The Labute approximate surface area is 178 Å². The third-order valence-corrected chi connectivity index (χ3v) is 5.00. The van der Waals surface area contributed by atoms with Crippen LogP contribution in [0.3, 0.4) is 0 Å². The van der Waals surface area contributed by atoms with Gasteiger partial charge in [0.15, 0.2) is 5.11 Å². The van der Waals surface area contributed by atoms with Gasteiger partial charge in [-0.05, 0) is 57.5 Å². The minimum Gasteiger partial charge on any atom is -0.496 e. The topological polar surface area (TPSA) is 50.4 Å². The van der Waals surface area contributed by atoms with E-state index in [1.54, 1.807) is 7.11 Å². The third kappa shape index (κ3) is 4.97. The van der Waals surface area contributed by atoms with Crippen LogP contribution in [0.25, 0.3) is 0 Å².